The number of nitrogens with one attached hydrogen (secondary N) is 1. The van der Waals surface area contributed by atoms with Crippen LogP contribution >= 0.6 is 23.4 Å². The van der Waals surface area contributed by atoms with Gasteiger partial charge in [0.15, 0.2) is 16.7 Å². The molecule has 0 radical (unpaired) electrons. The second-order valence-electron chi connectivity index (χ2n) is 8.54. The summed E-state index contributed by atoms with van der Waals surface area (Å²) in [5.74, 6) is -0.108. The normalized spacial score (nSPS) is 15.6. The molecular weight excluding hydrogens is 555 g/mol. The van der Waals surface area contributed by atoms with Crippen LogP contribution in [0.2, 0.25) is 5.02 Å². The molecule has 0 saturated carbocycles. The zero-order chi connectivity index (χ0) is 27.7. The smallest absolute Gasteiger partial charge is 0.416 e. The number of alkyl halides is 3. The summed E-state index contributed by atoms with van der Waals surface area (Å²) in [7, 11) is 0. The minimum absolute atomic E-state index is 0.0371. The van der Waals surface area contributed by atoms with Crippen molar-refractivity contribution in [3.8, 4) is 11.5 Å². The number of nitrogens with zero attached hydrogens (tertiary/aromatic N) is 2. The van der Waals surface area contributed by atoms with Gasteiger partial charge in [-0.05, 0) is 61.0 Å². The number of hydrogen-bond acceptors (Lipinski definition) is 6. The molecule has 5 rings (SSSR count). The molecule has 2 heterocycles. The van der Waals surface area contributed by atoms with E-state index in [2.05, 4.69) is 10.3 Å². The first-order valence-corrected chi connectivity index (χ1v) is 12.9. The van der Waals surface area contributed by atoms with E-state index in [1.165, 1.54) is 4.90 Å². The lowest BCUT2D eigenvalue weighted by molar-refractivity contribution is -0.137. The number of carbonyl (C=O) groups is 2. The Morgan fingerprint density at radius 3 is 2.59 bits per heavy atom. The molecule has 2 aliphatic rings. The highest BCUT2D eigenvalue weighted by Gasteiger charge is 2.33. The highest BCUT2D eigenvalue weighted by atomic mass is 35.5. The number of amides is 2. The Kier molecular flexibility index (Phi) is 7.28. The van der Waals surface area contributed by atoms with Crippen molar-refractivity contribution in [1.82, 2.24) is 0 Å². The third-order valence-corrected chi connectivity index (χ3v) is 6.99. The number of hydrogen-bond donors (Lipinski definition) is 1. The van der Waals surface area contributed by atoms with Crippen molar-refractivity contribution >= 4 is 57.8 Å². The number of halogens is 4. The van der Waals surface area contributed by atoms with Gasteiger partial charge in [-0.15, -0.1) is 0 Å². The van der Waals surface area contributed by atoms with E-state index < -0.39 is 23.6 Å². The van der Waals surface area contributed by atoms with E-state index in [-0.39, 0.29) is 34.1 Å². The molecule has 1 N–H and O–H groups in total. The SMILES string of the molecule is Cc1ccc(N2C(=O)C(=Cc3ccc4c(c3)OCO4)N=C2SCC(=O)Nc2cc(C(F)(F)F)ccc2Cl)cc1. The summed E-state index contributed by atoms with van der Waals surface area (Å²) in [6.07, 6.45) is -2.99. The maximum atomic E-state index is 13.4. The number of benzene rings is 3. The molecule has 0 unspecified atom stereocenters. The Balaban J connectivity index is 1.38. The first kappa shape index (κ1) is 26.6. The van der Waals surface area contributed by atoms with Gasteiger partial charge in [-0.1, -0.05) is 47.1 Å². The minimum atomic E-state index is -4.59. The summed E-state index contributed by atoms with van der Waals surface area (Å²) in [5, 5.41) is 2.60. The molecule has 0 atom stereocenters. The van der Waals surface area contributed by atoms with E-state index >= 15 is 0 Å². The molecule has 39 heavy (non-hydrogen) atoms. The standard InChI is InChI=1S/C27H19ClF3N3O4S/c1-15-2-6-18(7-3-15)34-25(36)21(10-16-4-9-22-23(11-16)38-14-37-22)33-26(34)39-13-24(35)32-20-12-17(27(29,30)31)5-8-19(20)28/h2-12H,13-14H2,1H3,(H,32,35). The Bertz CT molecular complexity index is 1520. The Labute approximate surface area is 230 Å². The summed E-state index contributed by atoms with van der Waals surface area (Å²) in [5.41, 5.74) is 1.23. The number of fused-ring (bicyclic) bond motifs is 1. The summed E-state index contributed by atoms with van der Waals surface area (Å²) >= 11 is 6.96. The predicted octanol–water partition coefficient (Wildman–Crippen LogP) is 6.51. The van der Waals surface area contributed by atoms with Crippen LogP contribution in [0.1, 0.15) is 16.7 Å². The molecule has 2 amide bonds. The largest absolute Gasteiger partial charge is 0.454 e. The fourth-order valence-corrected chi connectivity index (χ4v) is 4.77. The van der Waals surface area contributed by atoms with Gasteiger partial charge in [0, 0.05) is 0 Å². The molecular formula is C27H19ClF3N3O4S. The highest BCUT2D eigenvalue weighted by molar-refractivity contribution is 8.14. The predicted molar refractivity (Wildman–Crippen MR) is 144 cm³/mol. The highest BCUT2D eigenvalue weighted by Crippen LogP contribution is 2.36. The maximum absolute atomic E-state index is 13.4. The maximum Gasteiger partial charge on any atom is 0.416 e. The molecule has 0 saturated heterocycles. The number of amidine groups is 1. The van der Waals surface area contributed by atoms with Gasteiger partial charge >= 0.3 is 6.18 Å². The number of ether oxygens (including phenoxy) is 2. The zero-order valence-corrected chi connectivity index (χ0v) is 21.8. The van der Waals surface area contributed by atoms with E-state index in [4.69, 9.17) is 21.1 Å². The van der Waals surface area contributed by atoms with Crippen LogP contribution in [0.3, 0.4) is 0 Å². The summed E-state index contributed by atoms with van der Waals surface area (Å²) in [4.78, 5) is 31.9. The summed E-state index contributed by atoms with van der Waals surface area (Å²) in [6.45, 7) is 2.02. The van der Waals surface area contributed by atoms with Gasteiger partial charge in [-0.2, -0.15) is 13.2 Å². The fraction of sp³-hybridized carbons (Fsp3) is 0.148. The van der Waals surface area contributed by atoms with Gasteiger partial charge in [0.2, 0.25) is 12.7 Å². The van der Waals surface area contributed by atoms with Crippen molar-refractivity contribution < 1.29 is 32.2 Å². The Morgan fingerprint density at radius 2 is 1.85 bits per heavy atom. The van der Waals surface area contributed by atoms with E-state index in [1.54, 1.807) is 36.4 Å². The first-order valence-electron chi connectivity index (χ1n) is 11.5. The van der Waals surface area contributed by atoms with Crippen LogP contribution in [-0.4, -0.2) is 29.5 Å². The van der Waals surface area contributed by atoms with Crippen LogP contribution in [0.5, 0.6) is 11.5 Å². The van der Waals surface area contributed by atoms with E-state index in [1.807, 2.05) is 19.1 Å². The number of rotatable bonds is 5. The summed E-state index contributed by atoms with van der Waals surface area (Å²) in [6, 6.07) is 15.1. The van der Waals surface area contributed by atoms with Crippen LogP contribution in [0.25, 0.3) is 6.08 Å². The van der Waals surface area contributed by atoms with Crippen molar-refractivity contribution in [3.05, 3.63) is 88.1 Å². The van der Waals surface area contributed by atoms with Gasteiger partial charge in [-0.25, -0.2) is 4.99 Å². The van der Waals surface area contributed by atoms with E-state index in [9.17, 15) is 22.8 Å². The van der Waals surface area contributed by atoms with Crippen molar-refractivity contribution in [1.29, 1.82) is 0 Å². The average Bonchev–Trinajstić information content (AvgIpc) is 3.48. The van der Waals surface area contributed by atoms with Crippen molar-refractivity contribution in [2.45, 2.75) is 13.1 Å². The van der Waals surface area contributed by atoms with Crippen molar-refractivity contribution in [2.24, 2.45) is 4.99 Å². The van der Waals surface area contributed by atoms with Crippen molar-refractivity contribution in [3.63, 3.8) is 0 Å². The number of aliphatic imine (C=N–C) groups is 1. The zero-order valence-electron chi connectivity index (χ0n) is 20.2. The number of aryl methyl sites for hydroxylation is 1. The molecule has 12 heteroatoms. The Hall–Kier alpha value is -3.96. The molecule has 0 bridgehead atoms. The quantitative estimate of drug-likeness (QED) is 0.352. The molecule has 200 valence electrons. The van der Waals surface area contributed by atoms with E-state index in [0.29, 0.717) is 22.7 Å². The van der Waals surface area contributed by atoms with Crippen LogP contribution in [0.15, 0.2) is 71.4 Å². The molecule has 2 aliphatic heterocycles. The lowest BCUT2D eigenvalue weighted by Gasteiger charge is -2.18. The molecule has 0 aromatic heterocycles. The minimum Gasteiger partial charge on any atom is -0.454 e. The molecule has 0 aliphatic carbocycles. The van der Waals surface area contributed by atoms with Gasteiger partial charge in [0.05, 0.1) is 27.7 Å². The molecule has 3 aromatic carbocycles. The number of thioether (sulfide) groups is 1. The van der Waals surface area contributed by atoms with Crippen LogP contribution < -0.4 is 19.7 Å². The molecule has 3 aromatic rings. The van der Waals surface area contributed by atoms with Gasteiger partial charge in [0.25, 0.3) is 5.91 Å². The van der Waals surface area contributed by atoms with E-state index in [0.717, 1.165) is 35.5 Å². The number of carbonyl (C=O) groups excluding carboxylic acids is 2. The first-order chi connectivity index (χ1) is 18.6. The molecule has 0 fully saturated rings. The monoisotopic (exact) mass is 573 g/mol. The van der Waals surface area contributed by atoms with Crippen LogP contribution in [-0.2, 0) is 15.8 Å². The third-order valence-electron chi connectivity index (χ3n) is 5.72. The Morgan fingerprint density at radius 1 is 1.10 bits per heavy atom. The van der Waals surface area contributed by atoms with Crippen LogP contribution in [0.4, 0.5) is 24.5 Å². The lowest BCUT2D eigenvalue weighted by atomic mass is 10.1. The number of anilines is 2. The second-order valence-corrected chi connectivity index (χ2v) is 9.89. The lowest BCUT2D eigenvalue weighted by Crippen LogP contribution is -2.31. The van der Waals surface area contributed by atoms with Crippen molar-refractivity contribution in [2.75, 3.05) is 22.8 Å². The topological polar surface area (TPSA) is 80.2 Å². The third kappa shape index (κ3) is 5.89. The molecule has 7 nitrogen and oxygen atoms in total. The van der Waals surface area contributed by atoms with Gasteiger partial charge < -0.3 is 14.8 Å². The summed E-state index contributed by atoms with van der Waals surface area (Å²) < 4.78 is 50.0. The van der Waals surface area contributed by atoms with Gasteiger partial charge in [-0.3, -0.25) is 14.5 Å². The fourth-order valence-electron chi connectivity index (χ4n) is 3.79. The molecule has 0 spiro atoms. The average molecular weight is 574 g/mol. The van der Waals surface area contributed by atoms with Gasteiger partial charge in [0.1, 0.15) is 5.70 Å². The van der Waals surface area contributed by atoms with Crippen LogP contribution in [0, 0.1) is 6.92 Å². The second kappa shape index (κ2) is 10.7.